The predicted octanol–water partition coefficient (Wildman–Crippen LogP) is 2.16. The summed E-state index contributed by atoms with van der Waals surface area (Å²) in [6.07, 6.45) is 0. The average molecular weight is 252 g/mol. The van der Waals surface area contributed by atoms with Crippen molar-refractivity contribution in [2.45, 2.75) is 13.0 Å². The summed E-state index contributed by atoms with van der Waals surface area (Å²) in [5, 5.41) is 3.40. The molecule has 1 fully saturated rings. The van der Waals surface area contributed by atoms with E-state index in [0.717, 1.165) is 19.6 Å². The molecule has 0 bridgehead atoms. The Morgan fingerprint density at radius 1 is 1.44 bits per heavy atom. The van der Waals surface area contributed by atoms with Crippen LogP contribution >= 0.6 is 24.8 Å². The van der Waals surface area contributed by atoms with Gasteiger partial charge in [-0.3, -0.25) is 0 Å². The summed E-state index contributed by atoms with van der Waals surface area (Å²) in [7, 11) is 0. The van der Waals surface area contributed by atoms with Crippen LogP contribution in [0.1, 0.15) is 17.2 Å². The second-order valence-corrected chi connectivity index (χ2v) is 5.22. The molecule has 0 spiro atoms. The number of rotatable bonds is 1. The fourth-order valence-corrected chi connectivity index (χ4v) is 2.48. The fraction of sp³-hybridized carbons (Fsp3) is 0.417. The van der Waals surface area contributed by atoms with Gasteiger partial charge >= 0.3 is 0 Å². The summed E-state index contributed by atoms with van der Waals surface area (Å²) < 4.78 is 0.687. The van der Waals surface area contributed by atoms with Crippen molar-refractivity contribution in [3.63, 3.8) is 0 Å². The van der Waals surface area contributed by atoms with Gasteiger partial charge in [-0.1, -0.05) is 42.0 Å². The first-order valence-corrected chi connectivity index (χ1v) is 6.31. The van der Waals surface area contributed by atoms with Gasteiger partial charge in [0.05, 0.1) is 6.04 Å². The third-order valence-electron chi connectivity index (χ3n) is 2.95. The Labute approximate surface area is 107 Å². The SMILES string of the molecule is Cc1ccc(C2CNCCN2C(=S)S)cc1. The van der Waals surface area contributed by atoms with E-state index in [4.69, 9.17) is 12.2 Å². The molecule has 1 N–H and O–H groups in total. The molecule has 4 heteroatoms. The second-order valence-electron chi connectivity index (χ2n) is 4.11. The minimum atomic E-state index is 0.319. The third kappa shape index (κ3) is 2.56. The van der Waals surface area contributed by atoms with E-state index in [9.17, 15) is 0 Å². The molecule has 2 nitrogen and oxygen atoms in total. The van der Waals surface area contributed by atoms with E-state index < -0.39 is 0 Å². The Morgan fingerprint density at radius 2 is 2.12 bits per heavy atom. The van der Waals surface area contributed by atoms with Gasteiger partial charge in [-0.25, -0.2) is 0 Å². The highest BCUT2D eigenvalue weighted by atomic mass is 32.1. The molecule has 16 heavy (non-hydrogen) atoms. The Balaban J connectivity index is 2.23. The molecule has 1 aliphatic rings. The van der Waals surface area contributed by atoms with Crippen LogP contribution in [0.2, 0.25) is 0 Å². The van der Waals surface area contributed by atoms with Crippen LogP contribution in [-0.2, 0) is 0 Å². The van der Waals surface area contributed by atoms with Crippen LogP contribution in [-0.4, -0.2) is 28.9 Å². The predicted molar refractivity (Wildman–Crippen MR) is 75.1 cm³/mol. The number of hydrogen-bond acceptors (Lipinski definition) is 2. The van der Waals surface area contributed by atoms with Gasteiger partial charge in [0.15, 0.2) is 0 Å². The quantitative estimate of drug-likeness (QED) is 0.588. The van der Waals surface area contributed by atoms with Crippen molar-refractivity contribution in [2.24, 2.45) is 0 Å². The minimum absolute atomic E-state index is 0.319. The lowest BCUT2D eigenvalue weighted by Crippen LogP contribution is -2.46. The molecule has 0 aromatic heterocycles. The van der Waals surface area contributed by atoms with Crippen LogP contribution in [0.3, 0.4) is 0 Å². The van der Waals surface area contributed by atoms with Crippen molar-refractivity contribution in [3.8, 4) is 0 Å². The van der Waals surface area contributed by atoms with E-state index in [2.05, 4.69) is 54.0 Å². The molecule has 2 rings (SSSR count). The molecule has 1 heterocycles. The molecule has 1 atom stereocenters. The van der Waals surface area contributed by atoms with Gasteiger partial charge in [-0.05, 0) is 12.5 Å². The van der Waals surface area contributed by atoms with Crippen molar-refractivity contribution in [1.29, 1.82) is 0 Å². The molecule has 0 radical (unpaired) electrons. The Morgan fingerprint density at radius 3 is 2.75 bits per heavy atom. The largest absolute Gasteiger partial charge is 0.348 e. The minimum Gasteiger partial charge on any atom is -0.348 e. The molecule has 86 valence electrons. The topological polar surface area (TPSA) is 15.3 Å². The van der Waals surface area contributed by atoms with Crippen molar-refractivity contribution in [1.82, 2.24) is 10.2 Å². The first kappa shape index (κ1) is 11.9. The van der Waals surface area contributed by atoms with E-state index in [1.54, 1.807) is 0 Å². The number of benzene rings is 1. The Kier molecular flexibility index (Phi) is 3.84. The summed E-state index contributed by atoms with van der Waals surface area (Å²) in [6, 6.07) is 8.95. The smallest absolute Gasteiger partial charge is 0.133 e. The van der Waals surface area contributed by atoms with E-state index in [1.807, 2.05) is 0 Å². The van der Waals surface area contributed by atoms with Crippen molar-refractivity contribution in [3.05, 3.63) is 35.4 Å². The first-order valence-electron chi connectivity index (χ1n) is 5.45. The fourth-order valence-electron chi connectivity index (χ4n) is 2.02. The Bertz CT molecular complexity index is 375. The normalized spacial score (nSPS) is 20.9. The van der Waals surface area contributed by atoms with E-state index in [-0.39, 0.29) is 0 Å². The average Bonchev–Trinajstić information content (AvgIpc) is 2.30. The van der Waals surface area contributed by atoms with Gasteiger partial charge in [0.1, 0.15) is 4.32 Å². The number of thiol groups is 1. The lowest BCUT2D eigenvalue weighted by atomic mass is 10.0. The van der Waals surface area contributed by atoms with E-state index in [1.165, 1.54) is 11.1 Å². The number of thiocarbonyl (C=S) groups is 1. The molecule has 0 amide bonds. The van der Waals surface area contributed by atoms with Gasteiger partial charge in [0, 0.05) is 19.6 Å². The van der Waals surface area contributed by atoms with E-state index >= 15 is 0 Å². The summed E-state index contributed by atoms with van der Waals surface area (Å²) in [4.78, 5) is 2.18. The maximum absolute atomic E-state index is 5.18. The molecular weight excluding hydrogens is 236 g/mol. The van der Waals surface area contributed by atoms with Gasteiger partial charge in [0.2, 0.25) is 0 Å². The van der Waals surface area contributed by atoms with Gasteiger partial charge in [0.25, 0.3) is 0 Å². The van der Waals surface area contributed by atoms with Gasteiger partial charge in [-0.15, -0.1) is 12.6 Å². The van der Waals surface area contributed by atoms with Crippen molar-refractivity contribution < 1.29 is 0 Å². The van der Waals surface area contributed by atoms with Gasteiger partial charge in [-0.2, -0.15) is 0 Å². The van der Waals surface area contributed by atoms with Crippen LogP contribution < -0.4 is 5.32 Å². The number of nitrogens with zero attached hydrogens (tertiary/aromatic N) is 1. The number of piperazine rings is 1. The second kappa shape index (κ2) is 5.17. The van der Waals surface area contributed by atoms with Crippen LogP contribution in [0.25, 0.3) is 0 Å². The highest BCUT2D eigenvalue weighted by Gasteiger charge is 2.23. The zero-order valence-electron chi connectivity index (χ0n) is 9.31. The maximum atomic E-state index is 5.18. The highest BCUT2D eigenvalue weighted by Crippen LogP contribution is 2.23. The monoisotopic (exact) mass is 252 g/mol. The zero-order chi connectivity index (χ0) is 11.5. The lowest BCUT2D eigenvalue weighted by molar-refractivity contribution is 0.270. The Hall–Kier alpha value is -0.580. The molecule has 1 aliphatic heterocycles. The molecule has 0 aliphatic carbocycles. The standard InChI is InChI=1S/C12H16N2S2/c1-9-2-4-10(5-3-9)11-8-13-6-7-14(11)12(15)16/h2-5,11,13H,6-8H2,1H3,(H,15,16). The summed E-state index contributed by atoms with van der Waals surface area (Å²) in [5.41, 5.74) is 2.58. The number of hydrogen-bond donors (Lipinski definition) is 2. The lowest BCUT2D eigenvalue weighted by Gasteiger charge is -2.37. The van der Waals surface area contributed by atoms with Crippen LogP contribution in [0.15, 0.2) is 24.3 Å². The summed E-state index contributed by atoms with van der Waals surface area (Å²) in [6.45, 7) is 4.94. The van der Waals surface area contributed by atoms with Gasteiger partial charge < -0.3 is 10.2 Å². The highest BCUT2D eigenvalue weighted by molar-refractivity contribution is 8.10. The molecule has 1 unspecified atom stereocenters. The zero-order valence-corrected chi connectivity index (χ0v) is 11.0. The third-order valence-corrected chi connectivity index (χ3v) is 3.44. The van der Waals surface area contributed by atoms with Crippen LogP contribution in [0.4, 0.5) is 0 Å². The van der Waals surface area contributed by atoms with Crippen molar-refractivity contribution >= 4 is 29.2 Å². The van der Waals surface area contributed by atoms with Crippen molar-refractivity contribution in [2.75, 3.05) is 19.6 Å². The van der Waals surface area contributed by atoms with E-state index in [0.29, 0.717) is 10.4 Å². The first-order chi connectivity index (χ1) is 7.68. The summed E-state index contributed by atoms with van der Waals surface area (Å²) in [5.74, 6) is 0. The number of nitrogens with one attached hydrogen (secondary N) is 1. The maximum Gasteiger partial charge on any atom is 0.133 e. The van der Waals surface area contributed by atoms with Crippen LogP contribution in [0.5, 0.6) is 0 Å². The summed E-state index contributed by atoms with van der Waals surface area (Å²) >= 11 is 9.48. The molecular formula is C12H16N2S2. The molecule has 1 aromatic rings. The molecule has 1 aromatic carbocycles. The van der Waals surface area contributed by atoms with Crippen LogP contribution in [0, 0.1) is 6.92 Å². The number of aryl methyl sites for hydroxylation is 1. The molecule has 1 saturated heterocycles. The molecule has 0 saturated carbocycles.